The van der Waals surface area contributed by atoms with Gasteiger partial charge in [0.15, 0.2) is 5.82 Å². The summed E-state index contributed by atoms with van der Waals surface area (Å²) in [5.41, 5.74) is 0. The van der Waals surface area contributed by atoms with Gasteiger partial charge in [0.1, 0.15) is 11.2 Å². The van der Waals surface area contributed by atoms with Crippen molar-refractivity contribution in [2.75, 3.05) is 12.4 Å². The average molecular weight is 283 g/mol. The molecule has 0 spiro atoms. The molecule has 9 nitrogen and oxygen atoms in total. The molecule has 2 rings (SSSR count). The summed E-state index contributed by atoms with van der Waals surface area (Å²) >= 11 is 0. The maximum Gasteiger partial charge on any atom is 0.244 e. The normalized spacial score (nSPS) is 11.5. The molecule has 0 aromatic carbocycles. The highest BCUT2D eigenvalue weighted by atomic mass is 32.2. The van der Waals surface area contributed by atoms with Gasteiger partial charge in [-0.15, -0.1) is 0 Å². The van der Waals surface area contributed by atoms with Gasteiger partial charge in [0.25, 0.3) is 0 Å². The number of aromatic nitrogens is 5. The summed E-state index contributed by atoms with van der Waals surface area (Å²) in [5, 5.41) is 6.68. The Balaban J connectivity index is 2.09. The van der Waals surface area contributed by atoms with E-state index in [0.29, 0.717) is 11.8 Å². The number of nitrogens with zero attached hydrogens (tertiary/aromatic N) is 5. The van der Waals surface area contributed by atoms with Crippen molar-refractivity contribution in [3.05, 3.63) is 24.5 Å². The van der Waals surface area contributed by atoms with Crippen LogP contribution in [0.15, 0.2) is 23.6 Å². The van der Waals surface area contributed by atoms with Gasteiger partial charge in [-0.25, -0.2) is 28.1 Å². The van der Waals surface area contributed by atoms with E-state index in [4.69, 9.17) is 0 Å². The van der Waals surface area contributed by atoms with Crippen LogP contribution < -0.4 is 10.0 Å². The molecule has 0 aliphatic rings. The van der Waals surface area contributed by atoms with Crippen LogP contribution >= 0.6 is 0 Å². The van der Waals surface area contributed by atoms with Crippen molar-refractivity contribution >= 4 is 16.0 Å². The van der Waals surface area contributed by atoms with Crippen molar-refractivity contribution in [3.8, 4) is 0 Å². The van der Waals surface area contributed by atoms with Gasteiger partial charge >= 0.3 is 0 Å². The summed E-state index contributed by atoms with van der Waals surface area (Å²) in [7, 11) is -0.315. The zero-order valence-electron chi connectivity index (χ0n) is 10.4. The Labute approximate surface area is 110 Å². The Kier molecular flexibility index (Phi) is 3.71. The molecule has 102 valence electrons. The second kappa shape index (κ2) is 5.28. The lowest BCUT2D eigenvalue weighted by Crippen LogP contribution is -2.24. The van der Waals surface area contributed by atoms with Crippen molar-refractivity contribution in [1.82, 2.24) is 29.5 Å². The number of nitrogens with one attached hydrogen (secondary N) is 2. The number of aryl methyl sites for hydroxylation is 1. The molecule has 0 fully saturated rings. The molecular weight excluding hydrogens is 270 g/mol. The first-order chi connectivity index (χ1) is 9.01. The van der Waals surface area contributed by atoms with Crippen LogP contribution in [0.25, 0.3) is 0 Å². The molecule has 0 atom stereocenters. The van der Waals surface area contributed by atoms with Gasteiger partial charge in [-0.1, -0.05) is 0 Å². The van der Waals surface area contributed by atoms with Crippen molar-refractivity contribution in [1.29, 1.82) is 0 Å². The van der Waals surface area contributed by atoms with Crippen LogP contribution in [0.5, 0.6) is 0 Å². The lowest BCUT2D eigenvalue weighted by molar-refractivity contribution is 0.577. The summed E-state index contributed by atoms with van der Waals surface area (Å²) in [5.74, 6) is 0.740. The van der Waals surface area contributed by atoms with E-state index in [-0.39, 0.29) is 11.4 Å². The number of hydrogen-bond acceptors (Lipinski definition) is 7. The molecular formula is C9H13N7O2S. The molecule has 0 saturated heterocycles. The van der Waals surface area contributed by atoms with E-state index in [0.717, 1.165) is 0 Å². The maximum atomic E-state index is 11.9. The van der Waals surface area contributed by atoms with Crippen LogP contribution in [0, 0.1) is 0 Å². The monoisotopic (exact) mass is 283 g/mol. The molecule has 10 heteroatoms. The van der Waals surface area contributed by atoms with E-state index in [1.807, 2.05) is 0 Å². The minimum absolute atomic E-state index is 0.0109. The number of anilines is 1. The second-order valence-corrected chi connectivity index (χ2v) is 5.42. The molecule has 0 saturated carbocycles. The summed E-state index contributed by atoms with van der Waals surface area (Å²) in [4.78, 5) is 11.6. The molecule has 0 amide bonds. The summed E-state index contributed by atoms with van der Waals surface area (Å²) in [6.45, 7) is 0.0109. The lowest BCUT2D eigenvalue weighted by atomic mass is 10.6. The topological polar surface area (TPSA) is 115 Å². The molecule has 0 aliphatic heterocycles. The Morgan fingerprint density at radius 3 is 2.47 bits per heavy atom. The fourth-order valence-corrected chi connectivity index (χ4v) is 2.16. The maximum absolute atomic E-state index is 11.9. The molecule has 2 aromatic rings. The SMILES string of the molecule is CNc1ncc(S(=O)(=O)NCc2ncn(C)n2)cn1. The van der Waals surface area contributed by atoms with Gasteiger partial charge < -0.3 is 5.32 Å². The summed E-state index contributed by atoms with van der Waals surface area (Å²) < 4.78 is 27.7. The van der Waals surface area contributed by atoms with Crippen LogP contribution in [0.2, 0.25) is 0 Å². The van der Waals surface area contributed by atoms with Gasteiger partial charge in [-0.3, -0.25) is 4.68 Å². The largest absolute Gasteiger partial charge is 0.357 e. The smallest absolute Gasteiger partial charge is 0.244 e. The predicted octanol–water partition coefficient (Wildman–Crippen LogP) is -0.875. The number of sulfonamides is 1. The third-order valence-electron chi connectivity index (χ3n) is 2.23. The fraction of sp³-hybridized carbons (Fsp3) is 0.333. The van der Waals surface area contributed by atoms with E-state index in [1.165, 1.54) is 23.4 Å². The van der Waals surface area contributed by atoms with E-state index in [2.05, 4.69) is 30.1 Å². The minimum atomic E-state index is -3.67. The second-order valence-electron chi connectivity index (χ2n) is 3.65. The van der Waals surface area contributed by atoms with Crippen molar-refractivity contribution < 1.29 is 8.42 Å². The molecule has 0 aliphatic carbocycles. The third-order valence-corrected chi connectivity index (χ3v) is 3.59. The van der Waals surface area contributed by atoms with Crippen LogP contribution in [0.3, 0.4) is 0 Å². The van der Waals surface area contributed by atoms with Gasteiger partial charge in [-0.2, -0.15) is 5.10 Å². The van der Waals surface area contributed by atoms with Crippen LogP contribution in [0.1, 0.15) is 5.82 Å². The zero-order valence-corrected chi connectivity index (χ0v) is 11.2. The Hall–Kier alpha value is -2.07. The van der Waals surface area contributed by atoms with Crippen molar-refractivity contribution in [2.45, 2.75) is 11.4 Å². The van der Waals surface area contributed by atoms with Crippen LogP contribution in [0.4, 0.5) is 5.95 Å². The first-order valence-corrected chi connectivity index (χ1v) is 6.83. The summed E-state index contributed by atoms with van der Waals surface area (Å²) in [6, 6.07) is 0. The van der Waals surface area contributed by atoms with Gasteiger partial charge in [0.05, 0.1) is 18.9 Å². The van der Waals surface area contributed by atoms with Crippen molar-refractivity contribution in [3.63, 3.8) is 0 Å². The number of hydrogen-bond donors (Lipinski definition) is 2. The number of rotatable bonds is 5. The molecule has 2 N–H and O–H groups in total. The molecule has 2 aromatic heterocycles. The van der Waals surface area contributed by atoms with Crippen molar-refractivity contribution in [2.24, 2.45) is 7.05 Å². The average Bonchev–Trinajstić information content (AvgIpc) is 2.82. The molecule has 0 bridgehead atoms. The molecule has 2 heterocycles. The first kappa shape index (κ1) is 13.4. The molecule has 0 unspecified atom stereocenters. The third kappa shape index (κ3) is 3.23. The van der Waals surface area contributed by atoms with Gasteiger partial charge in [0.2, 0.25) is 16.0 Å². The summed E-state index contributed by atoms with van der Waals surface area (Å²) in [6.07, 6.45) is 3.95. The zero-order chi connectivity index (χ0) is 13.9. The Morgan fingerprint density at radius 1 is 1.26 bits per heavy atom. The van der Waals surface area contributed by atoms with E-state index in [9.17, 15) is 8.42 Å². The minimum Gasteiger partial charge on any atom is -0.357 e. The predicted molar refractivity (Wildman–Crippen MR) is 66.6 cm³/mol. The molecule has 0 radical (unpaired) electrons. The Morgan fingerprint density at radius 2 is 1.95 bits per heavy atom. The molecule has 19 heavy (non-hydrogen) atoms. The fourth-order valence-electron chi connectivity index (χ4n) is 1.29. The highest BCUT2D eigenvalue weighted by Crippen LogP contribution is 2.07. The first-order valence-electron chi connectivity index (χ1n) is 5.35. The van der Waals surface area contributed by atoms with E-state index in [1.54, 1.807) is 14.1 Å². The van der Waals surface area contributed by atoms with Crippen LogP contribution in [-0.2, 0) is 23.6 Å². The highest BCUT2D eigenvalue weighted by molar-refractivity contribution is 7.89. The lowest BCUT2D eigenvalue weighted by Gasteiger charge is -2.04. The standard InChI is InChI=1S/C9H13N7O2S/c1-10-9-11-3-7(4-12-9)19(17,18)14-5-8-13-6-16(2)15-8/h3-4,6,14H,5H2,1-2H3,(H,10,11,12). The van der Waals surface area contributed by atoms with Gasteiger partial charge in [0, 0.05) is 14.1 Å². The highest BCUT2D eigenvalue weighted by Gasteiger charge is 2.15. The van der Waals surface area contributed by atoms with E-state index < -0.39 is 10.0 Å². The quantitative estimate of drug-likeness (QED) is 0.732. The van der Waals surface area contributed by atoms with E-state index >= 15 is 0 Å². The van der Waals surface area contributed by atoms with Crippen LogP contribution in [-0.4, -0.2) is 40.2 Å². The Bertz CT molecular complexity index is 649. The van der Waals surface area contributed by atoms with Gasteiger partial charge in [-0.05, 0) is 0 Å².